The number of carbonyl (C=O) groups excluding carboxylic acids is 2. The highest BCUT2D eigenvalue weighted by Gasteiger charge is 2.18. The van der Waals surface area contributed by atoms with Crippen molar-refractivity contribution in [2.24, 2.45) is 0 Å². The first-order chi connectivity index (χ1) is 12.1. The Bertz CT molecular complexity index is 730. The minimum absolute atomic E-state index is 0.0334. The number of hydrogen-bond donors (Lipinski definition) is 1. The van der Waals surface area contributed by atoms with Crippen LogP contribution in [0, 0.1) is 5.82 Å². The van der Waals surface area contributed by atoms with Crippen LogP contribution in [0.25, 0.3) is 6.08 Å². The lowest BCUT2D eigenvalue weighted by Crippen LogP contribution is -2.29. The van der Waals surface area contributed by atoms with Gasteiger partial charge in [0.1, 0.15) is 5.82 Å². The Labute approximate surface area is 145 Å². The largest absolute Gasteiger partial charge is 0.466 e. The van der Waals surface area contributed by atoms with E-state index >= 15 is 0 Å². The van der Waals surface area contributed by atoms with E-state index in [4.69, 9.17) is 4.74 Å². The van der Waals surface area contributed by atoms with Gasteiger partial charge in [0, 0.05) is 18.5 Å². The number of ether oxygens (including phenoxy) is 1. The topological polar surface area (TPSA) is 68.3 Å². The van der Waals surface area contributed by atoms with Crippen LogP contribution >= 0.6 is 0 Å². The molecule has 1 N–H and O–H groups in total. The Balaban J connectivity index is 2.09. The van der Waals surface area contributed by atoms with Gasteiger partial charge in [0.05, 0.1) is 19.1 Å². The van der Waals surface area contributed by atoms with E-state index in [-0.39, 0.29) is 24.8 Å². The van der Waals surface area contributed by atoms with Gasteiger partial charge in [0.15, 0.2) is 0 Å². The van der Waals surface area contributed by atoms with Gasteiger partial charge in [-0.2, -0.15) is 0 Å². The van der Waals surface area contributed by atoms with Crippen molar-refractivity contribution in [3.63, 3.8) is 0 Å². The molecular weight excluding hydrogens is 323 g/mol. The maximum absolute atomic E-state index is 13.1. The number of benzene rings is 1. The van der Waals surface area contributed by atoms with Crippen molar-refractivity contribution in [1.29, 1.82) is 0 Å². The Morgan fingerprint density at radius 1 is 1.20 bits per heavy atom. The molecule has 0 saturated carbocycles. The van der Waals surface area contributed by atoms with E-state index < -0.39 is 12.0 Å². The highest BCUT2D eigenvalue weighted by atomic mass is 19.1. The van der Waals surface area contributed by atoms with Gasteiger partial charge in [-0.25, -0.2) is 4.39 Å². The fraction of sp³-hybridized carbons (Fsp3) is 0.211. The molecule has 1 heterocycles. The van der Waals surface area contributed by atoms with Gasteiger partial charge in [-0.05, 0) is 48.4 Å². The van der Waals surface area contributed by atoms with Crippen molar-refractivity contribution >= 4 is 18.0 Å². The lowest BCUT2D eigenvalue weighted by Gasteiger charge is -2.17. The van der Waals surface area contributed by atoms with Crippen LogP contribution in [-0.4, -0.2) is 23.5 Å². The molecule has 2 aromatic rings. The third kappa shape index (κ3) is 6.18. The third-order valence-corrected chi connectivity index (χ3v) is 3.40. The number of esters is 1. The Hall–Kier alpha value is -3.02. The van der Waals surface area contributed by atoms with E-state index in [1.807, 2.05) is 0 Å². The molecule has 130 valence electrons. The first kappa shape index (κ1) is 18.3. The molecule has 5 nitrogen and oxygen atoms in total. The fourth-order valence-corrected chi connectivity index (χ4v) is 2.20. The van der Waals surface area contributed by atoms with Crippen LogP contribution in [0.2, 0.25) is 0 Å². The molecule has 0 saturated heterocycles. The molecule has 6 heteroatoms. The lowest BCUT2D eigenvalue weighted by molar-refractivity contribution is -0.143. The molecule has 0 aliphatic heterocycles. The average molecular weight is 342 g/mol. The number of aromatic nitrogens is 1. The number of nitrogens with one attached hydrogen (secondary N) is 1. The second-order valence-electron chi connectivity index (χ2n) is 5.24. The fourth-order valence-electron chi connectivity index (χ4n) is 2.20. The second kappa shape index (κ2) is 9.32. The summed E-state index contributed by atoms with van der Waals surface area (Å²) >= 11 is 0. The maximum Gasteiger partial charge on any atom is 0.308 e. The van der Waals surface area contributed by atoms with E-state index in [2.05, 4.69) is 10.3 Å². The molecule has 1 amide bonds. The molecular formula is C19H19FN2O3. The number of amides is 1. The molecule has 0 fully saturated rings. The normalized spacial score (nSPS) is 11.9. The minimum atomic E-state index is -0.603. The molecule has 0 aliphatic rings. The number of rotatable bonds is 7. The third-order valence-electron chi connectivity index (χ3n) is 3.40. The van der Waals surface area contributed by atoms with Gasteiger partial charge in [-0.1, -0.05) is 12.1 Å². The number of hydrogen-bond acceptors (Lipinski definition) is 4. The standard InChI is InChI=1S/C19H19FN2O3/c1-2-25-19(24)13-17(15-4-6-16(20)7-5-15)22-18(23)8-3-14-9-11-21-12-10-14/h3-12,17H,2,13H2,1H3,(H,22,23). The molecule has 1 aromatic heterocycles. The van der Waals surface area contributed by atoms with Crippen LogP contribution in [0.1, 0.15) is 30.5 Å². The Morgan fingerprint density at radius 2 is 1.88 bits per heavy atom. The summed E-state index contributed by atoms with van der Waals surface area (Å²) < 4.78 is 18.0. The molecule has 1 unspecified atom stereocenters. The van der Waals surface area contributed by atoms with E-state index in [1.54, 1.807) is 37.5 Å². The lowest BCUT2D eigenvalue weighted by atomic mass is 10.0. The summed E-state index contributed by atoms with van der Waals surface area (Å²) in [6, 6.07) is 8.56. The molecule has 1 aromatic carbocycles. The van der Waals surface area contributed by atoms with Crippen LogP contribution in [0.3, 0.4) is 0 Å². The van der Waals surface area contributed by atoms with Gasteiger partial charge in [-0.3, -0.25) is 14.6 Å². The monoisotopic (exact) mass is 342 g/mol. The first-order valence-electron chi connectivity index (χ1n) is 7.88. The first-order valence-corrected chi connectivity index (χ1v) is 7.88. The Kier molecular flexibility index (Phi) is 6.83. The van der Waals surface area contributed by atoms with Crippen molar-refractivity contribution in [1.82, 2.24) is 10.3 Å². The summed E-state index contributed by atoms with van der Waals surface area (Å²) in [5.41, 5.74) is 1.45. The zero-order chi connectivity index (χ0) is 18.1. The summed E-state index contributed by atoms with van der Waals surface area (Å²) in [4.78, 5) is 27.8. The summed E-state index contributed by atoms with van der Waals surface area (Å²) in [5, 5.41) is 2.75. The van der Waals surface area contributed by atoms with Gasteiger partial charge >= 0.3 is 5.97 Å². The summed E-state index contributed by atoms with van der Waals surface area (Å²) in [5.74, 6) is -1.19. The van der Waals surface area contributed by atoms with Crippen LogP contribution in [0.5, 0.6) is 0 Å². The number of halogens is 1. The van der Waals surface area contributed by atoms with E-state index in [1.165, 1.54) is 30.3 Å². The highest BCUT2D eigenvalue weighted by molar-refractivity contribution is 5.92. The van der Waals surface area contributed by atoms with Crippen molar-refractivity contribution in [3.05, 3.63) is 71.8 Å². The van der Waals surface area contributed by atoms with Gasteiger partial charge in [0.2, 0.25) is 5.91 Å². The van der Waals surface area contributed by atoms with Crippen molar-refractivity contribution in [3.8, 4) is 0 Å². The molecule has 0 radical (unpaired) electrons. The predicted molar refractivity (Wildman–Crippen MR) is 91.8 cm³/mol. The summed E-state index contributed by atoms with van der Waals surface area (Å²) in [6.07, 6.45) is 6.23. The SMILES string of the molecule is CCOC(=O)CC(NC(=O)C=Cc1ccncc1)c1ccc(F)cc1. The zero-order valence-electron chi connectivity index (χ0n) is 13.8. The quantitative estimate of drug-likeness (QED) is 0.620. The second-order valence-corrected chi connectivity index (χ2v) is 5.24. The van der Waals surface area contributed by atoms with E-state index in [0.29, 0.717) is 5.56 Å². The van der Waals surface area contributed by atoms with Gasteiger partial charge < -0.3 is 10.1 Å². The highest BCUT2D eigenvalue weighted by Crippen LogP contribution is 2.18. The van der Waals surface area contributed by atoms with Crippen LogP contribution < -0.4 is 5.32 Å². The van der Waals surface area contributed by atoms with Gasteiger partial charge in [-0.15, -0.1) is 0 Å². The summed E-state index contributed by atoms with van der Waals surface area (Å²) in [6.45, 7) is 1.96. The number of carbonyl (C=O) groups is 2. The summed E-state index contributed by atoms with van der Waals surface area (Å²) in [7, 11) is 0. The number of pyridine rings is 1. The minimum Gasteiger partial charge on any atom is -0.466 e. The van der Waals surface area contributed by atoms with E-state index in [0.717, 1.165) is 5.56 Å². The average Bonchev–Trinajstić information content (AvgIpc) is 2.61. The van der Waals surface area contributed by atoms with Crippen LogP contribution in [-0.2, 0) is 14.3 Å². The molecule has 25 heavy (non-hydrogen) atoms. The van der Waals surface area contributed by atoms with Crippen molar-refractivity contribution in [2.45, 2.75) is 19.4 Å². The Morgan fingerprint density at radius 3 is 2.52 bits per heavy atom. The predicted octanol–water partition coefficient (Wildman–Crippen LogP) is 3.04. The van der Waals surface area contributed by atoms with Crippen molar-refractivity contribution < 1.29 is 18.7 Å². The zero-order valence-corrected chi connectivity index (χ0v) is 13.8. The van der Waals surface area contributed by atoms with Crippen LogP contribution in [0.15, 0.2) is 54.9 Å². The molecule has 0 bridgehead atoms. The molecule has 0 aliphatic carbocycles. The van der Waals surface area contributed by atoms with Crippen molar-refractivity contribution in [2.75, 3.05) is 6.61 Å². The maximum atomic E-state index is 13.1. The molecule has 1 atom stereocenters. The number of nitrogens with zero attached hydrogens (tertiary/aromatic N) is 1. The molecule has 0 spiro atoms. The van der Waals surface area contributed by atoms with Crippen LogP contribution in [0.4, 0.5) is 4.39 Å². The van der Waals surface area contributed by atoms with E-state index in [9.17, 15) is 14.0 Å². The smallest absolute Gasteiger partial charge is 0.308 e. The van der Waals surface area contributed by atoms with Gasteiger partial charge in [0.25, 0.3) is 0 Å². The molecule has 2 rings (SSSR count).